The second-order valence-electron chi connectivity index (χ2n) is 10.9. The monoisotopic (exact) mass is 507 g/mol. The quantitative estimate of drug-likeness (QED) is 0.494. The molecule has 0 radical (unpaired) electrons. The largest absolute Gasteiger partial charge is 0.494 e. The number of amides is 1. The number of pyridine rings is 1. The average molecular weight is 508 g/mol. The summed E-state index contributed by atoms with van der Waals surface area (Å²) < 4.78 is 19.6. The van der Waals surface area contributed by atoms with E-state index in [-0.39, 0.29) is 12.2 Å². The number of nitrogens with zero attached hydrogens (tertiary/aromatic N) is 5. The van der Waals surface area contributed by atoms with Crippen molar-refractivity contribution in [3.8, 4) is 17.1 Å². The predicted octanol–water partition coefficient (Wildman–Crippen LogP) is 4.73. The van der Waals surface area contributed by atoms with E-state index < -0.39 is 5.60 Å². The molecule has 9 nitrogen and oxygen atoms in total. The van der Waals surface area contributed by atoms with Crippen LogP contribution < -0.4 is 9.64 Å². The molecule has 2 aliphatic heterocycles. The molecule has 4 heterocycles. The van der Waals surface area contributed by atoms with Crippen LogP contribution in [0, 0.1) is 0 Å². The zero-order valence-corrected chi connectivity index (χ0v) is 22.4. The number of morpholine rings is 1. The van der Waals surface area contributed by atoms with Crippen LogP contribution in [0.3, 0.4) is 0 Å². The lowest BCUT2D eigenvalue weighted by molar-refractivity contribution is -0.0468. The van der Waals surface area contributed by atoms with Crippen LogP contribution in [0.25, 0.3) is 22.4 Å². The van der Waals surface area contributed by atoms with Gasteiger partial charge in [-0.1, -0.05) is 6.07 Å². The molecule has 5 rings (SSSR count). The highest BCUT2D eigenvalue weighted by molar-refractivity contribution is 5.86. The van der Waals surface area contributed by atoms with Gasteiger partial charge in [0.05, 0.1) is 38.4 Å². The Hall–Kier alpha value is -3.33. The van der Waals surface area contributed by atoms with E-state index in [2.05, 4.69) is 28.5 Å². The highest BCUT2D eigenvalue weighted by Gasteiger charge is 2.30. The topological polar surface area (TPSA) is 82.0 Å². The summed E-state index contributed by atoms with van der Waals surface area (Å²) in [5, 5.41) is 0. The van der Waals surface area contributed by atoms with Gasteiger partial charge in [0.25, 0.3) is 0 Å². The maximum atomic E-state index is 12.7. The molecule has 2 saturated heterocycles. The van der Waals surface area contributed by atoms with Gasteiger partial charge in [-0.2, -0.15) is 0 Å². The Morgan fingerprint density at radius 3 is 2.70 bits per heavy atom. The van der Waals surface area contributed by atoms with Crippen LogP contribution in [-0.2, 0) is 16.0 Å². The molecule has 0 saturated carbocycles. The number of aromatic nitrogens is 3. The number of imidazole rings is 1. The Labute approximate surface area is 218 Å². The van der Waals surface area contributed by atoms with Crippen molar-refractivity contribution in [2.45, 2.75) is 64.8 Å². The maximum Gasteiger partial charge on any atom is 0.410 e. The smallest absolute Gasteiger partial charge is 0.410 e. The van der Waals surface area contributed by atoms with Crippen LogP contribution in [-0.4, -0.2) is 76.6 Å². The lowest BCUT2D eigenvalue weighted by Crippen LogP contribution is -2.48. The van der Waals surface area contributed by atoms with Gasteiger partial charge in [0.15, 0.2) is 0 Å². The van der Waals surface area contributed by atoms with Crippen molar-refractivity contribution in [1.82, 2.24) is 19.4 Å². The molecule has 2 aliphatic rings. The lowest BCUT2D eigenvalue weighted by Gasteiger charge is -2.34. The van der Waals surface area contributed by atoms with Crippen LogP contribution in [0.4, 0.5) is 10.6 Å². The van der Waals surface area contributed by atoms with E-state index in [0.717, 1.165) is 40.5 Å². The summed E-state index contributed by atoms with van der Waals surface area (Å²) in [5.41, 5.74) is 2.12. The zero-order valence-electron chi connectivity index (χ0n) is 22.4. The number of para-hydroxylation sites is 1. The molecule has 198 valence electrons. The first-order valence-electron chi connectivity index (χ1n) is 13.1. The standard InChI is InChI=1S/C28H37N5O4/c1-19-8-7-13-32(19)24-12-11-20(16-29-24)26-30-22-9-6-10-23(35-5)25(22)33(26)18-21-17-31(14-15-36-21)27(34)37-28(2,3)4/h6,9-12,16,19,21H,7-8,13-15,17-18H2,1-5H3/t19-,21-/m0/s1. The van der Waals surface area contributed by atoms with Crippen LogP contribution in [0.2, 0.25) is 0 Å². The van der Waals surface area contributed by atoms with Crippen molar-refractivity contribution >= 4 is 22.9 Å². The Bertz CT molecular complexity index is 1250. The molecule has 0 unspecified atom stereocenters. The fourth-order valence-electron chi connectivity index (χ4n) is 5.20. The van der Waals surface area contributed by atoms with E-state index in [1.165, 1.54) is 12.8 Å². The number of carbonyl (C=O) groups excluding carboxylic acids is 1. The number of hydrogen-bond donors (Lipinski definition) is 0. The molecule has 2 aromatic heterocycles. The van der Waals surface area contributed by atoms with E-state index in [1.807, 2.05) is 45.2 Å². The van der Waals surface area contributed by atoms with Gasteiger partial charge in [-0.3, -0.25) is 0 Å². The minimum absolute atomic E-state index is 0.222. The summed E-state index contributed by atoms with van der Waals surface area (Å²) in [6.45, 7) is 10.8. The maximum absolute atomic E-state index is 12.7. The first-order valence-corrected chi connectivity index (χ1v) is 13.1. The van der Waals surface area contributed by atoms with E-state index in [4.69, 9.17) is 24.2 Å². The van der Waals surface area contributed by atoms with Crippen molar-refractivity contribution < 1.29 is 19.0 Å². The predicted molar refractivity (Wildman–Crippen MR) is 143 cm³/mol. The lowest BCUT2D eigenvalue weighted by atomic mass is 10.2. The summed E-state index contributed by atoms with van der Waals surface area (Å²) in [4.78, 5) is 26.6. The van der Waals surface area contributed by atoms with Crippen molar-refractivity contribution in [2.24, 2.45) is 0 Å². The summed E-state index contributed by atoms with van der Waals surface area (Å²) >= 11 is 0. The third-order valence-electron chi connectivity index (χ3n) is 6.98. The van der Waals surface area contributed by atoms with Crippen LogP contribution in [0.5, 0.6) is 5.75 Å². The van der Waals surface area contributed by atoms with Crippen molar-refractivity contribution in [2.75, 3.05) is 38.3 Å². The Morgan fingerprint density at radius 1 is 1.19 bits per heavy atom. The third-order valence-corrected chi connectivity index (χ3v) is 6.98. The number of methoxy groups -OCH3 is 1. The zero-order chi connectivity index (χ0) is 26.2. The second-order valence-corrected chi connectivity index (χ2v) is 10.9. The highest BCUT2D eigenvalue weighted by Crippen LogP contribution is 2.33. The summed E-state index contributed by atoms with van der Waals surface area (Å²) in [5.74, 6) is 2.54. The Balaban J connectivity index is 1.46. The van der Waals surface area contributed by atoms with E-state index in [1.54, 1.807) is 12.0 Å². The van der Waals surface area contributed by atoms with Gasteiger partial charge in [0.1, 0.15) is 28.5 Å². The number of benzene rings is 1. The van der Waals surface area contributed by atoms with Crippen molar-refractivity contribution in [1.29, 1.82) is 0 Å². The fourth-order valence-corrected chi connectivity index (χ4v) is 5.20. The first kappa shape index (κ1) is 25.3. The minimum Gasteiger partial charge on any atom is -0.494 e. The number of anilines is 1. The van der Waals surface area contributed by atoms with E-state index >= 15 is 0 Å². The van der Waals surface area contributed by atoms with Crippen LogP contribution in [0.15, 0.2) is 36.5 Å². The Morgan fingerprint density at radius 2 is 2.03 bits per heavy atom. The van der Waals surface area contributed by atoms with E-state index in [0.29, 0.717) is 32.3 Å². The van der Waals surface area contributed by atoms with Crippen molar-refractivity contribution in [3.63, 3.8) is 0 Å². The van der Waals surface area contributed by atoms with Gasteiger partial charge >= 0.3 is 6.09 Å². The number of fused-ring (bicyclic) bond motifs is 1. The molecule has 0 bridgehead atoms. The van der Waals surface area contributed by atoms with Crippen LogP contribution in [0.1, 0.15) is 40.5 Å². The summed E-state index contributed by atoms with van der Waals surface area (Å²) in [6.07, 6.45) is 3.76. The Kier molecular flexibility index (Phi) is 6.98. The number of carbonyl (C=O) groups is 1. The first-order chi connectivity index (χ1) is 17.7. The molecule has 0 aliphatic carbocycles. The van der Waals surface area contributed by atoms with Gasteiger partial charge in [0.2, 0.25) is 0 Å². The molecule has 0 N–H and O–H groups in total. The normalized spacial score (nSPS) is 20.5. The van der Waals surface area contributed by atoms with E-state index in [9.17, 15) is 4.79 Å². The minimum atomic E-state index is -0.544. The average Bonchev–Trinajstić information content (AvgIpc) is 3.47. The van der Waals surface area contributed by atoms with Gasteiger partial charge < -0.3 is 28.6 Å². The summed E-state index contributed by atoms with van der Waals surface area (Å²) in [6, 6.07) is 10.5. The number of hydrogen-bond acceptors (Lipinski definition) is 7. The molecule has 1 aromatic carbocycles. The van der Waals surface area contributed by atoms with Gasteiger partial charge in [-0.25, -0.2) is 14.8 Å². The molecule has 9 heteroatoms. The number of rotatable bonds is 5. The molecule has 2 atom stereocenters. The molecule has 2 fully saturated rings. The molecular weight excluding hydrogens is 470 g/mol. The summed E-state index contributed by atoms with van der Waals surface area (Å²) in [7, 11) is 1.67. The third kappa shape index (κ3) is 5.37. The molecule has 3 aromatic rings. The van der Waals surface area contributed by atoms with Gasteiger partial charge in [-0.15, -0.1) is 0 Å². The highest BCUT2D eigenvalue weighted by atomic mass is 16.6. The van der Waals surface area contributed by atoms with Crippen LogP contribution >= 0.6 is 0 Å². The fraction of sp³-hybridized carbons (Fsp3) is 0.536. The van der Waals surface area contributed by atoms with Gasteiger partial charge in [0, 0.05) is 30.9 Å². The van der Waals surface area contributed by atoms with Crippen molar-refractivity contribution in [3.05, 3.63) is 36.5 Å². The molecular formula is C28H37N5O4. The molecule has 0 spiro atoms. The molecule has 1 amide bonds. The van der Waals surface area contributed by atoms with Gasteiger partial charge in [-0.05, 0) is 64.8 Å². The molecule has 37 heavy (non-hydrogen) atoms. The number of ether oxygens (including phenoxy) is 3. The SMILES string of the molecule is COc1cccc2nc(-c3ccc(N4CCC[C@@H]4C)nc3)n(C[C@@H]3CN(C(=O)OC(C)(C)C)CCO3)c12. The second kappa shape index (κ2) is 10.2.